The van der Waals surface area contributed by atoms with Crippen LogP contribution in [-0.2, 0) is 4.79 Å². The maximum Gasteiger partial charge on any atom is 0.120 e. The van der Waals surface area contributed by atoms with E-state index in [1.807, 2.05) is 0 Å². The van der Waals surface area contributed by atoms with E-state index in [0.29, 0.717) is 24.3 Å². The number of carbonyl (C=O) groups excluding carboxylic acids is 1. The van der Waals surface area contributed by atoms with Crippen LogP contribution in [0.2, 0.25) is 0 Å². The van der Waals surface area contributed by atoms with Crippen molar-refractivity contribution < 1.29 is 4.79 Å². The van der Waals surface area contributed by atoms with Gasteiger partial charge in [0.25, 0.3) is 0 Å². The summed E-state index contributed by atoms with van der Waals surface area (Å²) in [4.78, 5) is 10.4. The van der Waals surface area contributed by atoms with Gasteiger partial charge >= 0.3 is 0 Å². The molecule has 15 heavy (non-hydrogen) atoms. The minimum absolute atomic E-state index is 0.370. The minimum atomic E-state index is 0.370. The largest absolute Gasteiger partial charge is 0.330 e. The van der Waals surface area contributed by atoms with E-state index in [2.05, 4.69) is 27.7 Å². The molecule has 0 rings (SSSR count). The van der Waals surface area contributed by atoms with Crippen molar-refractivity contribution in [1.82, 2.24) is 0 Å². The van der Waals surface area contributed by atoms with Crippen molar-refractivity contribution in [2.45, 2.75) is 53.4 Å². The molecule has 0 heterocycles. The van der Waals surface area contributed by atoms with Crippen LogP contribution in [0, 0.1) is 17.3 Å². The third-order valence-corrected chi connectivity index (χ3v) is 3.40. The molecule has 0 aromatic carbocycles. The van der Waals surface area contributed by atoms with Crippen LogP contribution < -0.4 is 5.73 Å². The molecule has 2 heteroatoms. The molecule has 0 aromatic rings. The molecule has 0 saturated carbocycles. The summed E-state index contributed by atoms with van der Waals surface area (Å²) in [5.41, 5.74) is 6.01. The summed E-state index contributed by atoms with van der Waals surface area (Å²) in [6.07, 6.45) is 5.11. The van der Waals surface area contributed by atoms with Crippen molar-refractivity contribution in [3.63, 3.8) is 0 Å². The second-order valence-corrected chi connectivity index (χ2v) is 5.55. The highest BCUT2D eigenvalue weighted by molar-refractivity contribution is 5.49. The highest BCUT2D eigenvalue weighted by Crippen LogP contribution is 2.33. The van der Waals surface area contributed by atoms with Gasteiger partial charge in [-0.3, -0.25) is 0 Å². The van der Waals surface area contributed by atoms with Crippen LogP contribution in [0.15, 0.2) is 0 Å². The fraction of sp³-hybridized carbons (Fsp3) is 0.923. The summed E-state index contributed by atoms with van der Waals surface area (Å²) >= 11 is 0. The number of hydrogen-bond donors (Lipinski definition) is 1. The van der Waals surface area contributed by atoms with E-state index in [0.717, 1.165) is 18.6 Å². The van der Waals surface area contributed by atoms with Gasteiger partial charge in [0.15, 0.2) is 0 Å². The standard InChI is InChI=1S/C13H27NO/c1-5-12(13(2,3)4)7-6-11(10-14)8-9-15/h9,11-12H,5-8,10,14H2,1-4H3. The summed E-state index contributed by atoms with van der Waals surface area (Å²) in [5, 5.41) is 0. The Bertz CT molecular complexity index is 172. The molecule has 2 N–H and O–H groups in total. The summed E-state index contributed by atoms with van der Waals surface area (Å²) in [6.45, 7) is 9.75. The maximum atomic E-state index is 10.4. The molecule has 0 aliphatic heterocycles. The molecule has 0 saturated heterocycles. The van der Waals surface area contributed by atoms with Crippen molar-refractivity contribution in [2.24, 2.45) is 23.0 Å². The highest BCUT2D eigenvalue weighted by Gasteiger charge is 2.23. The van der Waals surface area contributed by atoms with Crippen LogP contribution in [0.5, 0.6) is 0 Å². The van der Waals surface area contributed by atoms with Gasteiger partial charge in [-0.15, -0.1) is 0 Å². The Morgan fingerprint density at radius 3 is 2.20 bits per heavy atom. The van der Waals surface area contributed by atoms with Gasteiger partial charge in [-0.1, -0.05) is 34.1 Å². The van der Waals surface area contributed by atoms with Gasteiger partial charge in [-0.05, 0) is 36.6 Å². The van der Waals surface area contributed by atoms with Crippen LogP contribution in [0.1, 0.15) is 53.4 Å². The second kappa shape index (κ2) is 7.00. The Morgan fingerprint density at radius 2 is 1.87 bits per heavy atom. The second-order valence-electron chi connectivity index (χ2n) is 5.55. The van der Waals surface area contributed by atoms with Gasteiger partial charge in [0.1, 0.15) is 6.29 Å². The lowest BCUT2D eigenvalue weighted by atomic mass is 9.75. The molecule has 0 aliphatic carbocycles. The van der Waals surface area contributed by atoms with Crippen LogP contribution in [0.3, 0.4) is 0 Å². The molecule has 0 spiro atoms. The van der Waals surface area contributed by atoms with E-state index in [-0.39, 0.29) is 0 Å². The molecule has 2 nitrogen and oxygen atoms in total. The third-order valence-electron chi connectivity index (χ3n) is 3.40. The average Bonchev–Trinajstić information content (AvgIpc) is 2.15. The molecule has 0 fully saturated rings. The van der Waals surface area contributed by atoms with E-state index >= 15 is 0 Å². The summed E-state index contributed by atoms with van der Waals surface area (Å²) in [7, 11) is 0. The third kappa shape index (κ3) is 5.93. The maximum absolute atomic E-state index is 10.4. The van der Waals surface area contributed by atoms with Gasteiger partial charge < -0.3 is 10.5 Å². The van der Waals surface area contributed by atoms with E-state index in [9.17, 15) is 4.79 Å². The first-order chi connectivity index (χ1) is 6.95. The lowest BCUT2D eigenvalue weighted by molar-refractivity contribution is -0.108. The number of carbonyl (C=O) groups is 1. The smallest absolute Gasteiger partial charge is 0.120 e. The molecule has 0 amide bonds. The molecular weight excluding hydrogens is 186 g/mol. The Hall–Kier alpha value is -0.370. The normalized spacial score (nSPS) is 16.1. The Morgan fingerprint density at radius 1 is 1.27 bits per heavy atom. The van der Waals surface area contributed by atoms with Gasteiger partial charge in [-0.25, -0.2) is 0 Å². The monoisotopic (exact) mass is 213 g/mol. The summed E-state index contributed by atoms with van der Waals surface area (Å²) in [6, 6.07) is 0. The van der Waals surface area contributed by atoms with E-state index in [1.54, 1.807) is 0 Å². The first-order valence-corrected chi connectivity index (χ1v) is 6.09. The fourth-order valence-electron chi connectivity index (χ4n) is 2.15. The lowest BCUT2D eigenvalue weighted by Gasteiger charge is -2.30. The molecule has 0 aliphatic rings. The lowest BCUT2D eigenvalue weighted by Crippen LogP contribution is -2.22. The van der Waals surface area contributed by atoms with Crippen molar-refractivity contribution in [1.29, 1.82) is 0 Å². The first-order valence-electron chi connectivity index (χ1n) is 6.09. The number of hydrogen-bond acceptors (Lipinski definition) is 2. The molecule has 0 aromatic heterocycles. The molecule has 2 unspecified atom stereocenters. The van der Waals surface area contributed by atoms with E-state index < -0.39 is 0 Å². The van der Waals surface area contributed by atoms with Crippen molar-refractivity contribution in [2.75, 3.05) is 6.54 Å². The van der Waals surface area contributed by atoms with Crippen molar-refractivity contribution in [3.05, 3.63) is 0 Å². The predicted octanol–water partition coefficient (Wildman–Crippen LogP) is 3.00. The quantitative estimate of drug-likeness (QED) is 0.661. The van der Waals surface area contributed by atoms with Crippen LogP contribution in [0.25, 0.3) is 0 Å². The van der Waals surface area contributed by atoms with E-state index in [1.165, 1.54) is 12.8 Å². The number of rotatable bonds is 7. The zero-order valence-corrected chi connectivity index (χ0v) is 10.8. The summed E-state index contributed by atoms with van der Waals surface area (Å²) in [5.74, 6) is 1.12. The molecule has 2 atom stereocenters. The summed E-state index contributed by atoms with van der Waals surface area (Å²) < 4.78 is 0. The van der Waals surface area contributed by atoms with E-state index in [4.69, 9.17) is 5.73 Å². The predicted molar refractivity (Wildman–Crippen MR) is 65.7 cm³/mol. The van der Waals surface area contributed by atoms with Gasteiger partial charge in [-0.2, -0.15) is 0 Å². The molecular formula is C13H27NO. The van der Waals surface area contributed by atoms with Crippen LogP contribution in [-0.4, -0.2) is 12.8 Å². The average molecular weight is 213 g/mol. The molecule has 0 radical (unpaired) electrons. The van der Waals surface area contributed by atoms with Crippen molar-refractivity contribution >= 4 is 6.29 Å². The molecule has 0 bridgehead atoms. The van der Waals surface area contributed by atoms with Crippen molar-refractivity contribution in [3.8, 4) is 0 Å². The Kier molecular flexibility index (Phi) is 6.82. The highest BCUT2D eigenvalue weighted by atomic mass is 16.1. The Balaban J connectivity index is 4.03. The first kappa shape index (κ1) is 14.6. The fourth-order valence-corrected chi connectivity index (χ4v) is 2.15. The van der Waals surface area contributed by atoms with Crippen LogP contribution in [0.4, 0.5) is 0 Å². The Labute approximate surface area is 94.6 Å². The number of nitrogens with two attached hydrogens (primary N) is 1. The van der Waals surface area contributed by atoms with Crippen LogP contribution >= 0.6 is 0 Å². The number of aldehydes is 1. The van der Waals surface area contributed by atoms with Gasteiger partial charge in [0.05, 0.1) is 0 Å². The SMILES string of the molecule is CCC(CCC(CN)CC=O)C(C)(C)C. The van der Waals surface area contributed by atoms with Gasteiger partial charge in [0, 0.05) is 6.42 Å². The topological polar surface area (TPSA) is 43.1 Å². The van der Waals surface area contributed by atoms with Gasteiger partial charge in [0.2, 0.25) is 0 Å². The minimum Gasteiger partial charge on any atom is -0.330 e. The zero-order valence-electron chi connectivity index (χ0n) is 10.8. The zero-order chi connectivity index (χ0) is 11.9. The molecule has 90 valence electrons.